The minimum atomic E-state index is 0.00617. The summed E-state index contributed by atoms with van der Waals surface area (Å²) in [5, 5.41) is 0. The smallest absolute Gasteiger partial charge is 0.273 e. The van der Waals surface area contributed by atoms with Crippen molar-refractivity contribution in [2.24, 2.45) is 7.05 Å². The van der Waals surface area contributed by atoms with Gasteiger partial charge >= 0.3 is 0 Å². The van der Waals surface area contributed by atoms with Crippen molar-refractivity contribution in [3.05, 3.63) is 76.0 Å². The molecule has 0 amide bonds. The molecule has 0 unspecified atom stereocenters. The Morgan fingerprint density at radius 2 is 1.81 bits per heavy atom. The van der Waals surface area contributed by atoms with Gasteiger partial charge in [0.05, 0.1) is 33.9 Å². The summed E-state index contributed by atoms with van der Waals surface area (Å²) in [6.45, 7) is 12.4. The Kier molecular flexibility index (Phi) is 7.88. The van der Waals surface area contributed by atoms with Crippen molar-refractivity contribution >= 4 is 11.4 Å². The van der Waals surface area contributed by atoms with E-state index >= 15 is 0 Å². The Labute approximate surface area is 220 Å². The first-order chi connectivity index (χ1) is 17.5. The highest BCUT2D eigenvalue weighted by Crippen LogP contribution is 2.31. The van der Waals surface area contributed by atoms with Crippen LogP contribution in [0, 0.1) is 6.92 Å². The van der Waals surface area contributed by atoms with Crippen LogP contribution in [0.15, 0.2) is 53.6 Å². The maximum Gasteiger partial charge on any atom is 0.273 e. The molecule has 3 aromatic rings. The van der Waals surface area contributed by atoms with Gasteiger partial charge in [0.15, 0.2) is 6.73 Å². The van der Waals surface area contributed by atoms with Crippen LogP contribution in [0.2, 0.25) is 0 Å². The topological polar surface area (TPSA) is 56.6 Å². The third-order valence-corrected chi connectivity index (χ3v) is 7.02. The molecular formula is C30H41N4O3+. The average Bonchev–Trinajstić information content (AvgIpc) is 2.86. The quantitative estimate of drug-likeness (QED) is 0.346. The van der Waals surface area contributed by atoms with E-state index in [0.29, 0.717) is 31.0 Å². The van der Waals surface area contributed by atoms with Gasteiger partial charge in [0.25, 0.3) is 5.56 Å². The molecule has 1 aromatic carbocycles. The van der Waals surface area contributed by atoms with E-state index in [0.717, 1.165) is 46.8 Å². The number of hydrogen-bond donors (Lipinski definition) is 0. The van der Waals surface area contributed by atoms with Crippen molar-refractivity contribution in [3.63, 3.8) is 0 Å². The highest BCUT2D eigenvalue weighted by Gasteiger charge is 2.23. The molecule has 1 saturated heterocycles. The third kappa shape index (κ3) is 6.29. The number of pyridine rings is 2. The van der Waals surface area contributed by atoms with Gasteiger partial charge in [0.1, 0.15) is 11.4 Å². The molecule has 0 saturated carbocycles. The number of morpholine rings is 1. The molecule has 7 heteroatoms. The number of quaternary nitrogens is 1. The van der Waals surface area contributed by atoms with Crippen molar-refractivity contribution < 1.29 is 9.47 Å². The molecule has 2 aromatic heterocycles. The van der Waals surface area contributed by atoms with E-state index in [1.807, 2.05) is 31.6 Å². The second-order valence-corrected chi connectivity index (χ2v) is 11.6. The first-order valence-corrected chi connectivity index (χ1v) is 13.0. The maximum atomic E-state index is 12.9. The predicted molar refractivity (Wildman–Crippen MR) is 151 cm³/mol. The fraction of sp³-hybridized carbons (Fsp3) is 0.467. The Bertz CT molecular complexity index is 1300. The number of rotatable bonds is 7. The van der Waals surface area contributed by atoms with Gasteiger partial charge in [-0.25, -0.2) is 0 Å². The fourth-order valence-electron chi connectivity index (χ4n) is 4.61. The molecule has 0 N–H and O–H groups in total. The lowest BCUT2D eigenvalue weighted by molar-refractivity contribution is 0.0474. The van der Waals surface area contributed by atoms with Gasteiger partial charge in [-0.15, -0.1) is 0 Å². The molecule has 0 aliphatic carbocycles. The summed E-state index contributed by atoms with van der Waals surface area (Å²) in [6.07, 6.45) is 3.80. The molecule has 1 aliphatic heterocycles. The molecule has 37 heavy (non-hydrogen) atoms. The van der Waals surface area contributed by atoms with Crippen LogP contribution in [0.1, 0.15) is 37.6 Å². The molecule has 4 rings (SSSR count). The highest BCUT2D eigenvalue weighted by atomic mass is 16.5. The van der Waals surface area contributed by atoms with Crippen LogP contribution in [0.5, 0.6) is 0 Å². The SMILES string of the molecule is Cc1ccc([N+](C)(C)COCc2ccnc(C(C)(C)C)c2)cc1-c1cc(N2CCOCC2)c(=O)n(C)c1. The number of ether oxygens (including phenoxy) is 2. The molecular weight excluding hydrogens is 464 g/mol. The Morgan fingerprint density at radius 1 is 1.08 bits per heavy atom. The fourth-order valence-corrected chi connectivity index (χ4v) is 4.61. The van der Waals surface area contributed by atoms with E-state index in [-0.39, 0.29) is 11.0 Å². The minimum Gasteiger partial charge on any atom is -0.378 e. The van der Waals surface area contributed by atoms with Crippen molar-refractivity contribution in [3.8, 4) is 11.1 Å². The van der Waals surface area contributed by atoms with E-state index in [4.69, 9.17) is 9.47 Å². The van der Waals surface area contributed by atoms with E-state index < -0.39 is 0 Å². The Morgan fingerprint density at radius 3 is 2.51 bits per heavy atom. The van der Waals surface area contributed by atoms with E-state index in [2.05, 4.69) is 75.9 Å². The van der Waals surface area contributed by atoms with Gasteiger partial charge in [-0.1, -0.05) is 26.8 Å². The number of hydrogen-bond acceptors (Lipinski definition) is 5. The zero-order valence-corrected chi connectivity index (χ0v) is 23.4. The van der Waals surface area contributed by atoms with Crippen LogP contribution < -0.4 is 14.9 Å². The largest absolute Gasteiger partial charge is 0.378 e. The Hall–Kier alpha value is -3.00. The first kappa shape index (κ1) is 27.0. The molecule has 0 atom stereocenters. The van der Waals surface area contributed by atoms with Crippen LogP contribution >= 0.6 is 0 Å². The van der Waals surface area contributed by atoms with Gasteiger partial charge < -0.3 is 18.9 Å². The minimum absolute atomic E-state index is 0.00617. The summed E-state index contributed by atoms with van der Waals surface area (Å²) >= 11 is 0. The number of aromatic nitrogens is 2. The number of nitrogens with zero attached hydrogens (tertiary/aromatic N) is 4. The second kappa shape index (κ2) is 10.8. The van der Waals surface area contributed by atoms with Crippen LogP contribution in [0.4, 0.5) is 11.4 Å². The standard InChI is InChI=1S/C30H41N4O3/c1-22-8-9-25(34(6,7)21-37-20-23-10-11-31-28(16-23)30(2,3)4)18-26(22)24-17-27(29(35)32(5)19-24)33-12-14-36-15-13-33/h8-11,16-19H,12-15,20-21H2,1-7H3/q+1. The molecule has 1 aliphatic rings. The lowest BCUT2D eigenvalue weighted by Crippen LogP contribution is -2.42. The van der Waals surface area contributed by atoms with Crippen LogP contribution in [-0.4, -0.2) is 56.7 Å². The molecule has 0 bridgehead atoms. The maximum absolute atomic E-state index is 12.9. The van der Waals surface area contributed by atoms with Crippen LogP contribution in [0.3, 0.4) is 0 Å². The Balaban J connectivity index is 1.55. The molecule has 1 fully saturated rings. The van der Waals surface area contributed by atoms with Gasteiger partial charge in [0, 0.05) is 55.3 Å². The molecule has 7 nitrogen and oxygen atoms in total. The summed E-state index contributed by atoms with van der Waals surface area (Å²) in [6, 6.07) is 12.7. The summed E-state index contributed by atoms with van der Waals surface area (Å²) in [7, 11) is 6.13. The summed E-state index contributed by atoms with van der Waals surface area (Å²) in [5.74, 6) is 0. The van der Waals surface area contributed by atoms with Gasteiger partial charge in [-0.3, -0.25) is 14.3 Å². The van der Waals surface area contributed by atoms with Crippen molar-refractivity contribution in [1.82, 2.24) is 14.0 Å². The lowest BCUT2D eigenvalue weighted by atomic mass is 9.91. The number of aryl methyl sites for hydroxylation is 2. The number of benzene rings is 1. The van der Waals surface area contributed by atoms with E-state index in [9.17, 15) is 4.79 Å². The van der Waals surface area contributed by atoms with Gasteiger partial charge in [0.2, 0.25) is 0 Å². The predicted octanol–water partition coefficient (Wildman–Crippen LogP) is 4.63. The zero-order chi connectivity index (χ0) is 26.8. The molecule has 3 heterocycles. The van der Waals surface area contributed by atoms with Crippen molar-refractivity contribution in [1.29, 1.82) is 0 Å². The second-order valence-electron chi connectivity index (χ2n) is 11.6. The molecule has 0 radical (unpaired) electrons. The molecule has 0 spiro atoms. The van der Waals surface area contributed by atoms with E-state index in [1.165, 1.54) is 5.56 Å². The summed E-state index contributed by atoms with van der Waals surface area (Å²) < 4.78 is 14.0. The molecule has 198 valence electrons. The van der Waals surface area contributed by atoms with Crippen LogP contribution in [0.25, 0.3) is 11.1 Å². The monoisotopic (exact) mass is 505 g/mol. The average molecular weight is 506 g/mol. The summed E-state index contributed by atoms with van der Waals surface area (Å²) in [5.41, 5.74) is 7.44. The van der Waals surface area contributed by atoms with Gasteiger partial charge in [-0.05, 0) is 47.9 Å². The van der Waals surface area contributed by atoms with Gasteiger partial charge in [-0.2, -0.15) is 0 Å². The van der Waals surface area contributed by atoms with Crippen molar-refractivity contribution in [2.75, 3.05) is 52.0 Å². The normalized spacial score (nSPS) is 14.7. The highest BCUT2D eigenvalue weighted by molar-refractivity contribution is 5.73. The lowest BCUT2D eigenvalue weighted by Gasteiger charge is -2.30. The number of anilines is 1. The van der Waals surface area contributed by atoms with E-state index in [1.54, 1.807) is 4.57 Å². The first-order valence-electron chi connectivity index (χ1n) is 13.0. The van der Waals surface area contributed by atoms with Crippen molar-refractivity contribution in [2.45, 2.75) is 39.7 Å². The van der Waals surface area contributed by atoms with Crippen LogP contribution in [-0.2, 0) is 28.5 Å². The zero-order valence-electron chi connectivity index (χ0n) is 23.4. The summed E-state index contributed by atoms with van der Waals surface area (Å²) in [4.78, 5) is 19.6. The third-order valence-electron chi connectivity index (χ3n) is 7.02.